The summed E-state index contributed by atoms with van der Waals surface area (Å²) in [6, 6.07) is 2.99. The number of fused-ring (bicyclic) bond motifs is 2. The lowest BCUT2D eigenvalue weighted by atomic mass is 9.63. The van der Waals surface area contributed by atoms with Crippen LogP contribution in [0, 0.1) is 11.8 Å². The van der Waals surface area contributed by atoms with Gasteiger partial charge in [-0.25, -0.2) is 9.48 Å². The fourth-order valence-corrected chi connectivity index (χ4v) is 3.18. The Labute approximate surface area is 105 Å². The molecule has 3 fully saturated rings. The zero-order chi connectivity index (χ0) is 12.7. The zero-order valence-corrected chi connectivity index (χ0v) is 10.3. The third-order valence-corrected chi connectivity index (χ3v) is 4.22. The fourth-order valence-electron chi connectivity index (χ4n) is 3.18. The minimum absolute atomic E-state index is 0.127. The smallest absolute Gasteiger partial charge is 0.358 e. The number of carbonyl (C=O) groups excluding carboxylic acids is 1. The van der Waals surface area contributed by atoms with Crippen LogP contribution in [-0.4, -0.2) is 22.9 Å². The summed E-state index contributed by atoms with van der Waals surface area (Å²) in [5.74, 6) is 0.915. The van der Waals surface area contributed by atoms with Gasteiger partial charge in [-0.3, -0.25) is 4.79 Å². The van der Waals surface area contributed by atoms with E-state index >= 15 is 0 Å². The highest BCUT2D eigenvalue weighted by molar-refractivity contribution is 5.86. The summed E-state index contributed by atoms with van der Waals surface area (Å²) >= 11 is 0. The van der Waals surface area contributed by atoms with Gasteiger partial charge in [0.15, 0.2) is 5.69 Å². The van der Waals surface area contributed by atoms with Gasteiger partial charge >= 0.3 is 5.97 Å². The molecule has 5 nitrogen and oxygen atoms in total. The molecule has 0 saturated heterocycles. The molecule has 3 aliphatic rings. The molecule has 1 unspecified atom stereocenters. The van der Waals surface area contributed by atoms with Gasteiger partial charge in [0, 0.05) is 6.07 Å². The van der Waals surface area contributed by atoms with E-state index in [1.165, 1.54) is 36.8 Å². The van der Waals surface area contributed by atoms with Crippen LogP contribution >= 0.6 is 0 Å². The average Bonchev–Trinajstić information content (AvgIpc) is 2.37. The number of aromatic nitrogens is 2. The van der Waals surface area contributed by atoms with Crippen molar-refractivity contribution < 1.29 is 9.53 Å². The molecular weight excluding hydrogens is 232 g/mol. The quantitative estimate of drug-likeness (QED) is 0.742. The SMILES string of the molecule is COC(=O)c1ccc(=O)n(C2CCC3CC2C3)n1. The summed E-state index contributed by atoms with van der Waals surface area (Å²) in [7, 11) is 1.32. The Morgan fingerprint density at radius 3 is 2.78 bits per heavy atom. The molecule has 18 heavy (non-hydrogen) atoms. The highest BCUT2D eigenvalue weighted by atomic mass is 16.5. The van der Waals surface area contributed by atoms with Crippen molar-refractivity contribution in [3.63, 3.8) is 0 Å². The van der Waals surface area contributed by atoms with Crippen LogP contribution in [0.1, 0.15) is 42.2 Å². The van der Waals surface area contributed by atoms with Gasteiger partial charge in [-0.15, -0.1) is 0 Å². The minimum Gasteiger partial charge on any atom is -0.464 e. The lowest BCUT2D eigenvalue weighted by Gasteiger charge is -2.46. The summed E-state index contributed by atoms with van der Waals surface area (Å²) in [5.41, 5.74) is 0.0801. The fraction of sp³-hybridized carbons (Fsp3) is 0.615. The molecule has 4 rings (SSSR count). The van der Waals surface area contributed by atoms with E-state index in [-0.39, 0.29) is 17.3 Å². The summed E-state index contributed by atoms with van der Waals surface area (Å²) in [6.07, 6.45) is 4.55. The summed E-state index contributed by atoms with van der Waals surface area (Å²) in [6.45, 7) is 0. The van der Waals surface area contributed by atoms with Gasteiger partial charge in [0.2, 0.25) is 0 Å². The van der Waals surface area contributed by atoms with Gasteiger partial charge in [-0.1, -0.05) is 0 Å². The molecule has 1 heterocycles. The van der Waals surface area contributed by atoms with Crippen molar-refractivity contribution in [3.8, 4) is 0 Å². The van der Waals surface area contributed by atoms with E-state index in [1.807, 2.05) is 0 Å². The maximum Gasteiger partial charge on any atom is 0.358 e. The second-order valence-corrected chi connectivity index (χ2v) is 5.24. The van der Waals surface area contributed by atoms with E-state index in [0.29, 0.717) is 5.92 Å². The standard InChI is InChI=1S/C13H16N2O3/c1-18-13(17)10-3-5-12(16)15(14-10)11-4-2-8-6-9(11)7-8/h3,5,8-9,11H,2,4,6-7H2,1H3. The van der Waals surface area contributed by atoms with Crippen LogP contribution in [0.25, 0.3) is 0 Å². The Morgan fingerprint density at radius 1 is 1.39 bits per heavy atom. The summed E-state index contributed by atoms with van der Waals surface area (Å²) < 4.78 is 6.13. The van der Waals surface area contributed by atoms with E-state index in [4.69, 9.17) is 0 Å². The van der Waals surface area contributed by atoms with Crippen molar-refractivity contribution in [1.82, 2.24) is 9.78 Å². The zero-order valence-electron chi connectivity index (χ0n) is 10.3. The van der Waals surface area contributed by atoms with Crippen molar-refractivity contribution in [2.24, 2.45) is 11.8 Å². The monoisotopic (exact) mass is 248 g/mol. The minimum atomic E-state index is -0.494. The van der Waals surface area contributed by atoms with Gasteiger partial charge in [-0.2, -0.15) is 5.10 Å². The highest BCUT2D eigenvalue weighted by Crippen LogP contribution is 2.50. The molecule has 1 aromatic rings. The van der Waals surface area contributed by atoms with E-state index in [2.05, 4.69) is 9.84 Å². The third-order valence-electron chi connectivity index (χ3n) is 4.22. The number of ether oxygens (including phenoxy) is 1. The van der Waals surface area contributed by atoms with Gasteiger partial charge in [-0.05, 0) is 43.6 Å². The number of hydrogen-bond acceptors (Lipinski definition) is 4. The Kier molecular flexibility index (Phi) is 2.69. The first-order valence-corrected chi connectivity index (χ1v) is 6.37. The predicted octanol–water partition coefficient (Wildman–Crippen LogP) is 1.39. The molecule has 0 spiro atoms. The van der Waals surface area contributed by atoms with Crippen molar-refractivity contribution in [2.75, 3.05) is 7.11 Å². The highest BCUT2D eigenvalue weighted by Gasteiger charge is 2.41. The molecule has 2 bridgehead atoms. The Balaban J connectivity index is 1.94. The third kappa shape index (κ3) is 1.74. The Morgan fingerprint density at radius 2 is 2.17 bits per heavy atom. The van der Waals surface area contributed by atoms with E-state index in [1.54, 1.807) is 0 Å². The first kappa shape index (κ1) is 11.4. The van der Waals surface area contributed by atoms with Crippen molar-refractivity contribution >= 4 is 5.97 Å². The first-order valence-electron chi connectivity index (χ1n) is 6.37. The van der Waals surface area contributed by atoms with Gasteiger partial charge in [0.25, 0.3) is 5.56 Å². The van der Waals surface area contributed by atoms with Crippen LogP contribution in [-0.2, 0) is 4.74 Å². The van der Waals surface area contributed by atoms with Crippen LogP contribution in [0.3, 0.4) is 0 Å². The number of hydrogen-bond donors (Lipinski definition) is 0. The summed E-state index contributed by atoms with van der Waals surface area (Å²) in [4.78, 5) is 23.3. The molecule has 0 radical (unpaired) electrons. The van der Waals surface area contributed by atoms with E-state index < -0.39 is 5.97 Å². The molecule has 0 amide bonds. The normalized spacial score (nSPS) is 29.5. The lowest BCUT2D eigenvalue weighted by Crippen LogP contribution is -2.42. The predicted molar refractivity (Wildman–Crippen MR) is 64.3 cm³/mol. The topological polar surface area (TPSA) is 61.2 Å². The number of rotatable bonds is 2. The lowest BCUT2D eigenvalue weighted by molar-refractivity contribution is 0.0451. The molecule has 96 valence electrons. The van der Waals surface area contributed by atoms with Crippen LogP contribution in [0.4, 0.5) is 0 Å². The number of nitrogens with zero attached hydrogens (tertiary/aromatic N) is 2. The molecule has 0 N–H and O–H groups in total. The van der Waals surface area contributed by atoms with Crippen LogP contribution in [0.2, 0.25) is 0 Å². The largest absolute Gasteiger partial charge is 0.464 e. The molecule has 3 saturated carbocycles. The van der Waals surface area contributed by atoms with E-state index in [9.17, 15) is 9.59 Å². The van der Waals surface area contributed by atoms with Crippen LogP contribution in [0.15, 0.2) is 16.9 Å². The second-order valence-electron chi connectivity index (χ2n) is 5.24. The Bertz CT molecular complexity index is 529. The van der Waals surface area contributed by atoms with Crippen molar-refractivity contribution in [2.45, 2.75) is 31.7 Å². The molecule has 1 atom stereocenters. The van der Waals surface area contributed by atoms with Crippen LogP contribution < -0.4 is 5.56 Å². The molecule has 0 aromatic carbocycles. The maximum absolute atomic E-state index is 11.9. The molecular formula is C13H16N2O3. The van der Waals surface area contributed by atoms with Gasteiger partial charge in [0.05, 0.1) is 13.2 Å². The average molecular weight is 248 g/mol. The van der Waals surface area contributed by atoms with Gasteiger partial charge < -0.3 is 4.74 Å². The van der Waals surface area contributed by atoms with E-state index in [0.717, 1.165) is 18.8 Å². The Hall–Kier alpha value is -1.65. The second kappa shape index (κ2) is 4.23. The first-order chi connectivity index (χ1) is 8.69. The summed E-state index contributed by atoms with van der Waals surface area (Å²) in [5, 5.41) is 4.17. The molecule has 3 aliphatic carbocycles. The molecule has 1 aromatic heterocycles. The number of carbonyl (C=O) groups is 1. The molecule has 0 aliphatic heterocycles. The molecule has 5 heteroatoms. The number of methoxy groups -OCH3 is 1. The number of esters is 1. The van der Waals surface area contributed by atoms with Crippen LogP contribution in [0.5, 0.6) is 0 Å². The van der Waals surface area contributed by atoms with Gasteiger partial charge in [0.1, 0.15) is 0 Å². The van der Waals surface area contributed by atoms with Crippen molar-refractivity contribution in [1.29, 1.82) is 0 Å². The maximum atomic E-state index is 11.9. The van der Waals surface area contributed by atoms with Crippen molar-refractivity contribution in [3.05, 3.63) is 28.2 Å².